The van der Waals surface area contributed by atoms with Crippen LogP contribution in [-0.2, 0) is 0 Å². The number of hydrogen-bond acceptors (Lipinski definition) is 4. The molecule has 0 amide bonds. The SMILES string of the molecule is CNCC(O)c1ccncc1O. The normalized spacial score (nSPS) is 12.8. The predicted molar refractivity (Wildman–Crippen MR) is 44.8 cm³/mol. The highest BCUT2D eigenvalue weighted by molar-refractivity contribution is 5.30. The summed E-state index contributed by atoms with van der Waals surface area (Å²) in [5, 5.41) is 21.5. The van der Waals surface area contributed by atoms with E-state index >= 15 is 0 Å². The molecular weight excluding hydrogens is 156 g/mol. The van der Waals surface area contributed by atoms with Crippen LogP contribution in [0.3, 0.4) is 0 Å². The summed E-state index contributed by atoms with van der Waals surface area (Å²) in [5.74, 6) is 0.0280. The van der Waals surface area contributed by atoms with E-state index in [1.807, 2.05) is 0 Å². The number of aliphatic hydroxyl groups is 1. The van der Waals surface area contributed by atoms with E-state index in [2.05, 4.69) is 10.3 Å². The number of aromatic hydroxyl groups is 1. The molecule has 4 nitrogen and oxygen atoms in total. The second-order valence-electron chi connectivity index (χ2n) is 2.51. The van der Waals surface area contributed by atoms with Crippen molar-refractivity contribution in [1.82, 2.24) is 10.3 Å². The molecule has 0 aliphatic rings. The fraction of sp³-hybridized carbons (Fsp3) is 0.375. The monoisotopic (exact) mass is 168 g/mol. The minimum Gasteiger partial charge on any atom is -0.506 e. The quantitative estimate of drug-likeness (QED) is 0.596. The van der Waals surface area contributed by atoms with E-state index in [1.54, 1.807) is 13.1 Å². The molecule has 0 radical (unpaired) electrons. The van der Waals surface area contributed by atoms with Gasteiger partial charge in [0.05, 0.1) is 12.3 Å². The number of likely N-dealkylation sites (N-methyl/N-ethyl adjacent to an activating group) is 1. The lowest BCUT2D eigenvalue weighted by atomic mass is 10.1. The van der Waals surface area contributed by atoms with Crippen molar-refractivity contribution in [2.24, 2.45) is 0 Å². The molecule has 0 fully saturated rings. The van der Waals surface area contributed by atoms with E-state index in [4.69, 9.17) is 0 Å². The highest BCUT2D eigenvalue weighted by Crippen LogP contribution is 2.21. The van der Waals surface area contributed by atoms with E-state index in [-0.39, 0.29) is 5.75 Å². The fourth-order valence-electron chi connectivity index (χ4n) is 0.982. The number of hydrogen-bond donors (Lipinski definition) is 3. The number of pyridine rings is 1. The van der Waals surface area contributed by atoms with Crippen molar-refractivity contribution in [3.05, 3.63) is 24.0 Å². The third-order valence-corrected chi connectivity index (χ3v) is 1.59. The molecule has 1 heterocycles. The van der Waals surface area contributed by atoms with E-state index in [1.165, 1.54) is 12.4 Å². The average molecular weight is 168 g/mol. The first kappa shape index (κ1) is 8.96. The summed E-state index contributed by atoms with van der Waals surface area (Å²) in [4.78, 5) is 3.71. The number of aliphatic hydroxyl groups excluding tert-OH is 1. The summed E-state index contributed by atoms with van der Waals surface area (Å²) in [7, 11) is 1.74. The standard InChI is InChI=1S/C8H12N2O2/c1-9-4-7(11)6-2-3-10-5-8(6)12/h2-3,5,7,9,11-12H,4H2,1H3. The summed E-state index contributed by atoms with van der Waals surface area (Å²) in [6.45, 7) is 0.414. The molecule has 0 saturated carbocycles. The maximum absolute atomic E-state index is 9.45. The molecule has 66 valence electrons. The van der Waals surface area contributed by atoms with Gasteiger partial charge < -0.3 is 15.5 Å². The molecule has 3 N–H and O–H groups in total. The lowest BCUT2D eigenvalue weighted by Gasteiger charge is -2.10. The molecule has 4 heteroatoms. The summed E-state index contributed by atoms with van der Waals surface area (Å²) in [6, 6.07) is 1.59. The summed E-state index contributed by atoms with van der Waals surface area (Å²) >= 11 is 0. The third-order valence-electron chi connectivity index (χ3n) is 1.59. The lowest BCUT2D eigenvalue weighted by Crippen LogP contribution is -2.16. The smallest absolute Gasteiger partial charge is 0.139 e. The van der Waals surface area contributed by atoms with Crippen molar-refractivity contribution in [2.45, 2.75) is 6.10 Å². The van der Waals surface area contributed by atoms with Gasteiger partial charge in [0, 0.05) is 18.3 Å². The van der Waals surface area contributed by atoms with Gasteiger partial charge in [0.15, 0.2) is 0 Å². The largest absolute Gasteiger partial charge is 0.506 e. The van der Waals surface area contributed by atoms with Crippen LogP contribution in [0.25, 0.3) is 0 Å². The molecule has 1 rings (SSSR count). The number of aromatic nitrogens is 1. The molecule has 1 aromatic heterocycles. The van der Waals surface area contributed by atoms with Gasteiger partial charge in [-0.2, -0.15) is 0 Å². The predicted octanol–water partition coefficient (Wildman–Crippen LogP) is 0.0400. The van der Waals surface area contributed by atoms with Gasteiger partial charge in [-0.3, -0.25) is 4.98 Å². The zero-order valence-corrected chi connectivity index (χ0v) is 6.86. The number of rotatable bonds is 3. The molecule has 12 heavy (non-hydrogen) atoms. The van der Waals surface area contributed by atoms with Crippen molar-refractivity contribution < 1.29 is 10.2 Å². The second-order valence-corrected chi connectivity index (χ2v) is 2.51. The van der Waals surface area contributed by atoms with Gasteiger partial charge >= 0.3 is 0 Å². The van der Waals surface area contributed by atoms with E-state index < -0.39 is 6.10 Å². The second kappa shape index (κ2) is 4.04. The molecule has 0 spiro atoms. The third kappa shape index (κ3) is 1.93. The Morgan fingerprint density at radius 2 is 2.42 bits per heavy atom. The Hall–Kier alpha value is -1.13. The first-order valence-electron chi connectivity index (χ1n) is 3.71. The average Bonchev–Trinajstić information content (AvgIpc) is 2.05. The van der Waals surface area contributed by atoms with Crippen molar-refractivity contribution in [3.63, 3.8) is 0 Å². The minimum absolute atomic E-state index is 0.0280. The Kier molecular flexibility index (Phi) is 3.01. The van der Waals surface area contributed by atoms with Crippen LogP contribution in [0.2, 0.25) is 0 Å². The maximum Gasteiger partial charge on any atom is 0.139 e. The van der Waals surface area contributed by atoms with Gasteiger partial charge in [0.25, 0.3) is 0 Å². The van der Waals surface area contributed by atoms with Crippen LogP contribution in [-0.4, -0.2) is 28.8 Å². The first-order chi connectivity index (χ1) is 5.75. The zero-order chi connectivity index (χ0) is 8.97. The zero-order valence-electron chi connectivity index (χ0n) is 6.86. The maximum atomic E-state index is 9.45. The molecule has 0 saturated heterocycles. The summed E-state index contributed by atoms with van der Waals surface area (Å²) in [5.41, 5.74) is 0.499. The Labute approximate surface area is 70.9 Å². The Morgan fingerprint density at radius 1 is 1.67 bits per heavy atom. The number of nitrogens with zero attached hydrogens (tertiary/aromatic N) is 1. The Morgan fingerprint density at radius 3 is 3.00 bits per heavy atom. The van der Waals surface area contributed by atoms with Crippen molar-refractivity contribution >= 4 is 0 Å². The highest BCUT2D eigenvalue weighted by Gasteiger charge is 2.09. The Bertz CT molecular complexity index is 253. The number of nitrogens with one attached hydrogen (secondary N) is 1. The van der Waals surface area contributed by atoms with Gasteiger partial charge in [-0.1, -0.05) is 0 Å². The van der Waals surface area contributed by atoms with Crippen LogP contribution < -0.4 is 5.32 Å². The van der Waals surface area contributed by atoms with Gasteiger partial charge in [0.2, 0.25) is 0 Å². The molecule has 0 aliphatic carbocycles. The van der Waals surface area contributed by atoms with Crippen LogP contribution in [0.1, 0.15) is 11.7 Å². The van der Waals surface area contributed by atoms with E-state index in [9.17, 15) is 10.2 Å². The molecule has 0 aliphatic heterocycles. The van der Waals surface area contributed by atoms with Crippen molar-refractivity contribution in [3.8, 4) is 5.75 Å². The lowest BCUT2D eigenvalue weighted by molar-refractivity contribution is 0.174. The van der Waals surface area contributed by atoms with Crippen LogP contribution >= 0.6 is 0 Å². The molecule has 0 aromatic carbocycles. The molecule has 1 aromatic rings. The van der Waals surface area contributed by atoms with Crippen molar-refractivity contribution in [2.75, 3.05) is 13.6 Å². The summed E-state index contributed by atoms with van der Waals surface area (Å²) < 4.78 is 0. The van der Waals surface area contributed by atoms with Crippen LogP contribution in [0, 0.1) is 0 Å². The molecule has 1 atom stereocenters. The van der Waals surface area contributed by atoms with Crippen LogP contribution in [0.4, 0.5) is 0 Å². The molecule has 1 unspecified atom stereocenters. The van der Waals surface area contributed by atoms with Crippen LogP contribution in [0.5, 0.6) is 5.75 Å². The Balaban J connectivity index is 2.79. The molecular formula is C8H12N2O2. The van der Waals surface area contributed by atoms with Gasteiger partial charge in [0.1, 0.15) is 5.75 Å². The first-order valence-corrected chi connectivity index (χ1v) is 3.71. The van der Waals surface area contributed by atoms with E-state index in [0.29, 0.717) is 12.1 Å². The molecule has 0 bridgehead atoms. The van der Waals surface area contributed by atoms with Crippen LogP contribution in [0.15, 0.2) is 18.5 Å². The minimum atomic E-state index is -0.682. The fourth-order valence-corrected chi connectivity index (χ4v) is 0.982. The van der Waals surface area contributed by atoms with Gasteiger partial charge in [-0.25, -0.2) is 0 Å². The topological polar surface area (TPSA) is 65.4 Å². The van der Waals surface area contributed by atoms with Gasteiger partial charge in [-0.05, 0) is 13.1 Å². The van der Waals surface area contributed by atoms with Gasteiger partial charge in [-0.15, -0.1) is 0 Å². The highest BCUT2D eigenvalue weighted by atomic mass is 16.3. The van der Waals surface area contributed by atoms with Crippen molar-refractivity contribution in [1.29, 1.82) is 0 Å². The summed E-state index contributed by atoms with van der Waals surface area (Å²) in [6.07, 6.45) is 2.17. The van der Waals surface area contributed by atoms with E-state index in [0.717, 1.165) is 0 Å².